The molecule has 1 saturated carbocycles. The first-order valence-electron chi connectivity index (χ1n) is 8.73. The van der Waals surface area contributed by atoms with Gasteiger partial charge in [-0.15, -0.1) is 24.0 Å². The van der Waals surface area contributed by atoms with Crippen LogP contribution < -0.4 is 16.0 Å². The Hall–Kier alpha value is -1.06. The molecule has 1 rings (SSSR count). The maximum Gasteiger partial charge on any atom is 0.242 e. The zero-order chi connectivity index (χ0) is 18.2. The molecule has 1 aliphatic rings. The third kappa shape index (κ3) is 11.2. The molecule has 0 aromatic carbocycles. The lowest BCUT2D eigenvalue weighted by Gasteiger charge is -2.25. The number of amides is 2. The van der Waals surface area contributed by atoms with E-state index < -0.39 is 0 Å². The van der Waals surface area contributed by atoms with Gasteiger partial charge in [0.05, 0.1) is 6.54 Å². The van der Waals surface area contributed by atoms with E-state index in [-0.39, 0.29) is 54.4 Å². The van der Waals surface area contributed by atoms with Gasteiger partial charge in [-0.25, -0.2) is 4.99 Å². The first kappa shape index (κ1) is 23.9. The average Bonchev–Trinajstić information content (AvgIpc) is 2.48. The van der Waals surface area contributed by atoms with Gasteiger partial charge >= 0.3 is 0 Å². The van der Waals surface area contributed by atoms with Crippen LogP contribution in [0.3, 0.4) is 0 Å². The number of carbonyl (C=O) groups excluding carboxylic acids is 2. The van der Waals surface area contributed by atoms with Crippen molar-refractivity contribution < 1.29 is 9.59 Å². The number of likely N-dealkylation sites (N-methyl/N-ethyl adjacent to an activating group) is 1. The van der Waals surface area contributed by atoms with Crippen LogP contribution in [0.25, 0.3) is 0 Å². The molecule has 0 bridgehead atoms. The van der Waals surface area contributed by atoms with Crippen LogP contribution >= 0.6 is 24.0 Å². The van der Waals surface area contributed by atoms with Crippen molar-refractivity contribution in [3.63, 3.8) is 0 Å². The molecule has 7 nitrogen and oxygen atoms in total. The maximum absolute atomic E-state index is 12.0. The summed E-state index contributed by atoms with van der Waals surface area (Å²) in [5.74, 6) is 0.361. The van der Waals surface area contributed by atoms with Gasteiger partial charge in [0.2, 0.25) is 11.8 Å². The summed E-state index contributed by atoms with van der Waals surface area (Å²) >= 11 is 0. The van der Waals surface area contributed by atoms with E-state index in [1.54, 1.807) is 14.1 Å². The summed E-state index contributed by atoms with van der Waals surface area (Å²) in [5, 5.41) is 9.28. The Morgan fingerprint density at radius 1 is 1.12 bits per heavy atom. The van der Waals surface area contributed by atoms with E-state index in [2.05, 4.69) is 20.9 Å². The van der Waals surface area contributed by atoms with Crippen molar-refractivity contribution in [3.05, 3.63) is 0 Å². The van der Waals surface area contributed by atoms with Gasteiger partial charge in [0.1, 0.15) is 6.54 Å². The summed E-state index contributed by atoms with van der Waals surface area (Å²) in [5.41, 5.74) is -0.280. The van der Waals surface area contributed by atoms with E-state index in [0.717, 1.165) is 12.8 Å². The van der Waals surface area contributed by atoms with Crippen LogP contribution in [0, 0.1) is 0 Å². The number of nitrogens with one attached hydrogen (secondary N) is 3. The molecule has 0 aromatic rings. The molecule has 0 aliphatic heterocycles. The summed E-state index contributed by atoms with van der Waals surface area (Å²) in [4.78, 5) is 29.6. The van der Waals surface area contributed by atoms with Crippen LogP contribution in [0.2, 0.25) is 0 Å². The minimum absolute atomic E-state index is 0. The van der Waals surface area contributed by atoms with Crippen LogP contribution in [0.15, 0.2) is 4.99 Å². The maximum atomic E-state index is 12.0. The Labute approximate surface area is 168 Å². The normalized spacial score (nSPS) is 15.8. The molecule has 1 fully saturated rings. The summed E-state index contributed by atoms with van der Waals surface area (Å²) in [6, 6.07) is 0.352. The van der Waals surface area contributed by atoms with Crippen molar-refractivity contribution in [1.29, 1.82) is 0 Å². The number of carbonyl (C=O) groups is 2. The minimum atomic E-state index is -0.280. The Balaban J connectivity index is 0.00000576. The molecule has 0 unspecified atom stereocenters. The summed E-state index contributed by atoms with van der Waals surface area (Å²) in [7, 11) is 3.43. The Kier molecular flexibility index (Phi) is 11.0. The highest BCUT2D eigenvalue weighted by Crippen LogP contribution is 2.17. The predicted octanol–water partition coefficient (Wildman–Crippen LogP) is 1.48. The molecular weight excluding hydrogens is 433 g/mol. The van der Waals surface area contributed by atoms with Gasteiger partial charge in [-0.3, -0.25) is 9.59 Å². The molecule has 0 spiro atoms. The molecule has 1 aliphatic carbocycles. The highest BCUT2D eigenvalue weighted by atomic mass is 127. The zero-order valence-electron chi connectivity index (χ0n) is 16.1. The first-order valence-corrected chi connectivity index (χ1v) is 8.73. The number of nitrogens with zero attached hydrogens (tertiary/aromatic N) is 2. The van der Waals surface area contributed by atoms with E-state index in [9.17, 15) is 9.59 Å². The van der Waals surface area contributed by atoms with Crippen molar-refractivity contribution in [3.8, 4) is 0 Å². The van der Waals surface area contributed by atoms with Crippen molar-refractivity contribution in [1.82, 2.24) is 20.9 Å². The Morgan fingerprint density at radius 2 is 1.72 bits per heavy atom. The average molecular weight is 467 g/mol. The van der Waals surface area contributed by atoms with Gasteiger partial charge < -0.3 is 20.9 Å². The van der Waals surface area contributed by atoms with E-state index in [1.165, 1.54) is 24.2 Å². The second-order valence-corrected chi connectivity index (χ2v) is 7.58. The molecule has 146 valence electrons. The third-order valence-electron chi connectivity index (χ3n) is 3.75. The Bertz CT molecular complexity index is 454. The molecule has 8 heteroatoms. The molecule has 2 amide bonds. The quantitative estimate of drug-likeness (QED) is 0.325. The fourth-order valence-corrected chi connectivity index (χ4v) is 2.52. The minimum Gasteiger partial charge on any atom is -0.354 e. The largest absolute Gasteiger partial charge is 0.354 e. The standard InChI is InChI=1S/C17H33N5O2.HI/c1-17(2,3)21-14(23)11-18-16(19-12-15(24)22(4)5)20-13-9-7-6-8-10-13;/h13H,6-12H2,1-5H3,(H,21,23)(H2,18,19,20);1H. The molecule has 25 heavy (non-hydrogen) atoms. The molecule has 3 N–H and O–H groups in total. The van der Waals surface area contributed by atoms with Crippen molar-refractivity contribution in [2.75, 3.05) is 27.2 Å². The highest BCUT2D eigenvalue weighted by Gasteiger charge is 2.17. The van der Waals surface area contributed by atoms with Crippen LogP contribution in [0.1, 0.15) is 52.9 Å². The molecule has 0 saturated heterocycles. The zero-order valence-corrected chi connectivity index (χ0v) is 18.5. The van der Waals surface area contributed by atoms with E-state index in [4.69, 9.17) is 0 Å². The lowest BCUT2D eigenvalue weighted by molar-refractivity contribution is -0.127. The van der Waals surface area contributed by atoms with E-state index in [0.29, 0.717) is 12.0 Å². The number of rotatable bonds is 5. The summed E-state index contributed by atoms with van der Waals surface area (Å²) < 4.78 is 0. The Morgan fingerprint density at radius 3 is 2.24 bits per heavy atom. The number of halogens is 1. The second kappa shape index (κ2) is 11.5. The van der Waals surface area contributed by atoms with Crippen molar-refractivity contribution in [2.45, 2.75) is 64.5 Å². The van der Waals surface area contributed by atoms with Crippen LogP contribution in [-0.2, 0) is 9.59 Å². The smallest absolute Gasteiger partial charge is 0.242 e. The van der Waals surface area contributed by atoms with Crippen molar-refractivity contribution >= 4 is 41.8 Å². The monoisotopic (exact) mass is 467 g/mol. The van der Waals surface area contributed by atoms with Crippen LogP contribution in [0.5, 0.6) is 0 Å². The molecular formula is C17H34IN5O2. The van der Waals surface area contributed by atoms with Gasteiger partial charge in [-0.05, 0) is 33.6 Å². The number of hydrogen-bond donors (Lipinski definition) is 3. The third-order valence-corrected chi connectivity index (χ3v) is 3.75. The van der Waals surface area contributed by atoms with Crippen molar-refractivity contribution in [2.24, 2.45) is 4.99 Å². The van der Waals surface area contributed by atoms with E-state index >= 15 is 0 Å². The molecule has 0 radical (unpaired) electrons. The van der Waals surface area contributed by atoms with Gasteiger partial charge in [-0.2, -0.15) is 0 Å². The van der Waals surface area contributed by atoms with Gasteiger partial charge in [-0.1, -0.05) is 19.3 Å². The van der Waals surface area contributed by atoms with Gasteiger partial charge in [0.25, 0.3) is 0 Å². The number of hydrogen-bond acceptors (Lipinski definition) is 3. The summed E-state index contributed by atoms with van der Waals surface area (Å²) in [6.07, 6.45) is 5.86. The topological polar surface area (TPSA) is 85.8 Å². The summed E-state index contributed by atoms with van der Waals surface area (Å²) in [6.45, 7) is 6.00. The highest BCUT2D eigenvalue weighted by molar-refractivity contribution is 14.0. The molecule has 0 atom stereocenters. The predicted molar refractivity (Wildman–Crippen MR) is 112 cm³/mol. The molecule has 0 aromatic heterocycles. The second-order valence-electron chi connectivity index (χ2n) is 7.58. The van der Waals surface area contributed by atoms with E-state index in [1.807, 2.05) is 20.8 Å². The van der Waals surface area contributed by atoms with Crippen LogP contribution in [0.4, 0.5) is 0 Å². The van der Waals surface area contributed by atoms with Gasteiger partial charge in [0, 0.05) is 25.7 Å². The lowest BCUT2D eigenvalue weighted by atomic mass is 9.96. The number of aliphatic imine (C=N–C) groups is 1. The SMILES string of the molecule is CN(C)C(=O)CNC(=NCC(=O)NC(C)(C)C)NC1CCCCC1.I. The first-order chi connectivity index (χ1) is 11.2. The molecule has 0 heterocycles. The lowest BCUT2D eigenvalue weighted by Crippen LogP contribution is -2.48. The number of guanidine groups is 1. The fraction of sp³-hybridized carbons (Fsp3) is 0.824. The fourth-order valence-electron chi connectivity index (χ4n) is 2.52. The van der Waals surface area contributed by atoms with Gasteiger partial charge in [0.15, 0.2) is 5.96 Å². The van der Waals surface area contributed by atoms with Crippen LogP contribution in [-0.4, -0.2) is 61.4 Å².